The van der Waals surface area contributed by atoms with Crippen LogP contribution in [0.4, 0.5) is 0 Å². The molecule has 0 aromatic carbocycles. The van der Waals surface area contributed by atoms with Crippen molar-refractivity contribution >= 4 is 19.6 Å². The minimum absolute atomic E-state index is 0.00190. The van der Waals surface area contributed by atoms with Gasteiger partial charge in [-0.3, -0.25) is 4.90 Å². The summed E-state index contributed by atoms with van der Waals surface area (Å²) in [6.07, 6.45) is 2.13. The van der Waals surface area contributed by atoms with Crippen LogP contribution in [-0.4, -0.2) is 30.7 Å². The number of allylic oxidation sites excluding steroid dienone is 1. The molecule has 0 bridgehead atoms. The van der Waals surface area contributed by atoms with Crippen LogP contribution in [0.15, 0.2) is 10.4 Å². The fourth-order valence-corrected chi connectivity index (χ4v) is 4.27. The van der Waals surface area contributed by atoms with Gasteiger partial charge in [-0.2, -0.15) is 5.26 Å². The van der Waals surface area contributed by atoms with Crippen LogP contribution in [0.3, 0.4) is 0 Å². The topological polar surface area (TPSA) is 27.0 Å². The number of hydrogen-bond donors (Lipinski definition) is 0. The molecule has 2 heterocycles. The minimum atomic E-state index is -0.00190. The second-order valence-corrected chi connectivity index (χ2v) is 7.26. The molecule has 90 valence electrons. The first-order valence-electron chi connectivity index (χ1n) is 6.27. The van der Waals surface area contributed by atoms with E-state index in [1.807, 2.05) is 0 Å². The molecular weight excluding hydrogens is 227 g/mol. The fraction of sp³-hybridized carbons (Fsp3) is 0.769. The summed E-state index contributed by atoms with van der Waals surface area (Å²) in [5.74, 6) is 1.48. The molecule has 0 aromatic rings. The molecule has 2 nitrogen and oxygen atoms in total. The number of nitrogens with zero attached hydrogens (tertiary/aromatic N) is 2. The van der Waals surface area contributed by atoms with E-state index in [1.165, 1.54) is 6.42 Å². The summed E-state index contributed by atoms with van der Waals surface area (Å²) in [5.41, 5.74) is 0.769. The molecule has 3 unspecified atom stereocenters. The van der Waals surface area contributed by atoms with Crippen molar-refractivity contribution in [2.45, 2.75) is 38.5 Å². The Bertz CT molecular complexity index is 377. The Morgan fingerprint density at radius 1 is 1.41 bits per heavy atom. The maximum atomic E-state index is 9.04. The largest absolute Gasteiger partial charge is 0.288 e. The van der Waals surface area contributed by atoms with Gasteiger partial charge in [-0.25, -0.2) is 0 Å². The monoisotopic (exact) mass is 246 g/mol. The van der Waals surface area contributed by atoms with Gasteiger partial charge in [0.05, 0.1) is 9.78 Å². The standard InChI is InChI=1S/C13H19BN2S/c1-9-4-10(2)8-16(7-9)13(3)5-11(14)12(6-15)17-13/h9-10H,4-5,7-8H2,1-3H3. The Balaban J connectivity index is 2.11. The van der Waals surface area contributed by atoms with Crippen molar-refractivity contribution in [3.05, 3.63) is 10.4 Å². The van der Waals surface area contributed by atoms with Gasteiger partial charge in [-0.15, -0.1) is 0 Å². The summed E-state index contributed by atoms with van der Waals surface area (Å²) in [6.45, 7) is 9.10. The van der Waals surface area contributed by atoms with Gasteiger partial charge >= 0.3 is 0 Å². The Morgan fingerprint density at radius 2 is 2.00 bits per heavy atom. The van der Waals surface area contributed by atoms with Gasteiger partial charge in [-0.05, 0) is 31.6 Å². The predicted octanol–water partition coefficient (Wildman–Crippen LogP) is 2.72. The Hall–Kier alpha value is -0.395. The third kappa shape index (κ3) is 2.56. The molecule has 2 rings (SSSR count). The van der Waals surface area contributed by atoms with E-state index >= 15 is 0 Å². The van der Waals surface area contributed by atoms with Crippen molar-refractivity contribution in [1.29, 1.82) is 5.26 Å². The fourth-order valence-electron chi connectivity index (χ4n) is 3.08. The van der Waals surface area contributed by atoms with Gasteiger partial charge in [0.25, 0.3) is 0 Å². The Kier molecular flexibility index (Phi) is 3.61. The van der Waals surface area contributed by atoms with Gasteiger partial charge in [0.2, 0.25) is 0 Å². The highest BCUT2D eigenvalue weighted by molar-refractivity contribution is 8.05. The summed E-state index contributed by atoms with van der Waals surface area (Å²) in [4.78, 5) is 3.24. The summed E-state index contributed by atoms with van der Waals surface area (Å²) in [6, 6.07) is 2.22. The minimum Gasteiger partial charge on any atom is -0.288 e. The van der Waals surface area contributed by atoms with Crippen LogP contribution >= 0.6 is 11.8 Å². The molecule has 3 atom stereocenters. The number of thioether (sulfide) groups is 1. The number of likely N-dealkylation sites (tertiary alicyclic amines) is 1. The lowest BCUT2D eigenvalue weighted by atomic mass is 9.86. The molecule has 17 heavy (non-hydrogen) atoms. The van der Waals surface area contributed by atoms with Gasteiger partial charge in [0.1, 0.15) is 13.9 Å². The van der Waals surface area contributed by atoms with E-state index in [1.54, 1.807) is 11.8 Å². The van der Waals surface area contributed by atoms with Crippen LogP contribution in [0.1, 0.15) is 33.6 Å². The van der Waals surface area contributed by atoms with Crippen molar-refractivity contribution in [2.24, 2.45) is 11.8 Å². The van der Waals surface area contributed by atoms with E-state index in [-0.39, 0.29) is 4.87 Å². The maximum Gasteiger partial charge on any atom is 0.110 e. The summed E-state index contributed by atoms with van der Waals surface area (Å²) in [7, 11) is 5.95. The predicted molar refractivity (Wildman–Crippen MR) is 73.5 cm³/mol. The van der Waals surface area contributed by atoms with Crippen LogP contribution < -0.4 is 0 Å². The molecule has 0 spiro atoms. The third-order valence-corrected chi connectivity index (χ3v) is 5.17. The van der Waals surface area contributed by atoms with Crippen LogP contribution in [0.25, 0.3) is 0 Å². The highest BCUT2D eigenvalue weighted by atomic mass is 32.2. The number of rotatable bonds is 1. The second-order valence-electron chi connectivity index (χ2n) is 5.77. The first-order valence-corrected chi connectivity index (χ1v) is 7.09. The SMILES string of the molecule is [B]C1=C(C#N)SC(C)(N2CC(C)CC(C)C2)C1. The summed E-state index contributed by atoms with van der Waals surface area (Å²) in [5, 5.41) is 9.04. The van der Waals surface area contributed by atoms with Gasteiger partial charge in [-0.1, -0.05) is 31.1 Å². The molecule has 1 fully saturated rings. The van der Waals surface area contributed by atoms with Crippen LogP contribution in [0.2, 0.25) is 0 Å². The lowest BCUT2D eigenvalue weighted by Gasteiger charge is -2.44. The van der Waals surface area contributed by atoms with Crippen molar-refractivity contribution in [3.63, 3.8) is 0 Å². The average Bonchev–Trinajstić information content (AvgIpc) is 2.53. The number of hydrogen-bond acceptors (Lipinski definition) is 3. The molecule has 0 amide bonds. The normalized spacial score (nSPS) is 39.4. The molecule has 1 saturated heterocycles. The molecule has 2 aliphatic rings. The van der Waals surface area contributed by atoms with Crippen molar-refractivity contribution in [3.8, 4) is 6.07 Å². The van der Waals surface area contributed by atoms with E-state index < -0.39 is 0 Å². The number of nitriles is 1. The van der Waals surface area contributed by atoms with Gasteiger partial charge in [0, 0.05) is 13.1 Å². The molecular formula is C13H19BN2S. The number of piperidine rings is 1. The molecule has 2 radical (unpaired) electrons. The molecule has 0 aromatic heterocycles. The molecule has 2 aliphatic heterocycles. The Morgan fingerprint density at radius 3 is 2.47 bits per heavy atom. The van der Waals surface area contributed by atoms with E-state index in [2.05, 4.69) is 31.7 Å². The van der Waals surface area contributed by atoms with E-state index in [4.69, 9.17) is 13.1 Å². The molecule has 0 aliphatic carbocycles. The quantitative estimate of drug-likeness (QED) is 0.665. The van der Waals surface area contributed by atoms with Crippen molar-refractivity contribution < 1.29 is 0 Å². The zero-order valence-corrected chi connectivity index (χ0v) is 11.7. The highest BCUT2D eigenvalue weighted by Gasteiger charge is 2.41. The average molecular weight is 246 g/mol. The smallest absolute Gasteiger partial charge is 0.110 e. The first-order chi connectivity index (χ1) is 7.94. The molecule has 4 heteroatoms. The maximum absolute atomic E-state index is 9.04. The Labute approximate surface area is 110 Å². The van der Waals surface area contributed by atoms with Crippen LogP contribution in [0, 0.1) is 23.2 Å². The van der Waals surface area contributed by atoms with Gasteiger partial charge < -0.3 is 0 Å². The second kappa shape index (κ2) is 4.70. The molecule has 0 N–H and O–H groups in total. The lowest BCUT2D eigenvalue weighted by molar-refractivity contribution is 0.0881. The van der Waals surface area contributed by atoms with Crippen LogP contribution in [-0.2, 0) is 0 Å². The van der Waals surface area contributed by atoms with Crippen molar-refractivity contribution in [2.75, 3.05) is 13.1 Å². The molecule has 0 saturated carbocycles. The van der Waals surface area contributed by atoms with Crippen LogP contribution in [0.5, 0.6) is 0 Å². The van der Waals surface area contributed by atoms with E-state index in [9.17, 15) is 0 Å². The highest BCUT2D eigenvalue weighted by Crippen LogP contribution is 2.48. The summed E-state index contributed by atoms with van der Waals surface area (Å²) < 4.78 is 0. The van der Waals surface area contributed by atoms with E-state index in [0.717, 1.165) is 41.7 Å². The summed E-state index contributed by atoms with van der Waals surface area (Å²) >= 11 is 1.65. The van der Waals surface area contributed by atoms with E-state index in [0.29, 0.717) is 0 Å². The third-order valence-electron chi connectivity index (χ3n) is 3.77. The lowest BCUT2D eigenvalue weighted by Crippen LogP contribution is -2.50. The van der Waals surface area contributed by atoms with Gasteiger partial charge in [0.15, 0.2) is 0 Å². The zero-order chi connectivity index (χ0) is 12.6. The zero-order valence-electron chi connectivity index (χ0n) is 10.9. The van der Waals surface area contributed by atoms with Crippen molar-refractivity contribution in [1.82, 2.24) is 4.90 Å². The first kappa shape index (κ1) is 13.0.